The normalized spacial score (nSPS) is 21.8. The van der Waals surface area contributed by atoms with Gasteiger partial charge in [0.25, 0.3) is 0 Å². The minimum Gasteiger partial charge on any atom is -0.313 e. The Balaban J connectivity index is 1.59. The van der Waals surface area contributed by atoms with Crippen molar-refractivity contribution in [2.45, 2.75) is 64.3 Å². The topological polar surface area (TPSA) is 28.2 Å². The summed E-state index contributed by atoms with van der Waals surface area (Å²) in [5.41, 5.74) is 1.44. The average Bonchev–Trinajstić information content (AvgIpc) is 3.24. The fraction of sp³-hybridized carbons (Fsp3) is 0.824. The van der Waals surface area contributed by atoms with Crippen molar-refractivity contribution in [1.82, 2.24) is 15.2 Å². The van der Waals surface area contributed by atoms with Crippen LogP contribution in [-0.2, 0) is 12.8 Å². The van der Waals surface area contributed by atoms with Gasteiger partial charge in [0.1, 0.15) is 0 Å². The first-order valence-electron chi connectivity index (χ1n) is 8.74. The van der Waals surface area contributed by atoms with Crippen LogP contribution in [0.2, 0.25) is 0 Å². The molecule has 21 heavy (non-hydrogen) atoms. The Labute approximate surface area is 133 Å². The predicted octanol–water partition coefficient (Wildman–Crippen LogP) is 3.20. The molecule has 118 valence electrons. The molecular weight excluding hydrogens is 278 g/mol. The second-order valence-corrected chi connectivity index (χ2v) is 7.63. The third-order valence-electron chi connectivity index (χ3n) is 4.88. The Morgan fingerprint density at radius 2 is 2.05 bits per heavy atom. The second kappa shape index (κ2) is 7.21. The molecule has 1 aromatic heterocycles. The minimum absolute atomic E-state index is 0.674. The number of fused-ring (bicyclic) bond motifs is 1. The van der Waals surface area contributed by atoms with E-state index in [1.807, 2.05) is 11.3 Å². The number of hydrogen-bond acceptors (Lipinski definition) is 4. The number of nitrogens with zero attached hydrogens (tertiary/aromatic N) is 2. The Morgan fingerprint density at radius 1 is 1.24 bits per heavy atom. The van der Waals surface area contributed by atoms with E-state index in [9.17, 15) is 0 Å². The molecule has 1 aromatic rings. The van der Waals surface area contributed by atoms with Crippen molar-refractivity contribution in [2.24, 2.45) is 0 Å². The van der Waals surface area contributed by atoms with Crippen molar-refractivity contribution >= 4 is 11.3 Å². The third kappa shape index (κ3) is 4.05. The van der Waals surface area contributed by atoms with E-state index in [1.165, 1.54) is 42.8 Å². The molecule has 1 saturated carbocycles. The molecule has 4 heteroatoms. The van der Waals surface area contributed by atoms with E-state index < -0.39 is 0 Å². The van der Waals surface area contributed by atoms with Crippen molar-refractivity contribution in [2.75, 3.05) is 26.2 Å². The minimum atomic E-state index is 0.674. The van der Waals surface area contributed by atoms with Crippen LogP contribution in [-0.4, -0.2) is 42.1 Å². The fourth-order valence-electron chi connectivity index (χ4n) is 3.25. The van der Waals surface area contributed by atoms with Crippen LogP contribution >= 0.6 is 11.3 Å². The molecule has 0 aliphatic heterocycles. The standard InChI is InChI=1S/C17H29N3S/c1-3-20(4-2)11-10-16-19-17-13(12-18-14-8-9-14)6-5-7-15(17)21-16/h13-14,18H,3-12H2,1-2H3. The molecule has 1 atom stereocenters. The quantitative estimate of drug-likeness (QED) is 0.799. The van der Waals surface area contributed by atoms with Gasteiger partial charge in [-0.25, -0.2) is 4.98 Å². The summed E-state index contributed by atoms with van der Waals surface area (Å²) in [7, 11) is 0. The summed E-state index contributed by atoms with van der Waals surface area (Å²) in [6.45, 7) is 9.10. The lowest BCUT2D eigenvalue weighted by atomic mass is 9.91. The lowest BCUT2D eigenvalue weighted by Gasteiger charge is -2.21. The second-order valence-electron chi connectivity index (χ2n) is 6.46. The first-order valence-corrected chi connectivity index (χ1v) is 9.56. The highest BCUT2D eigenvalue weighted by Gasteiger charge is 2.27. The number of likely N-dealkylation sites (N-methyl/N-ethyl adjacent to an activating group) is 1. The van der Waals surface area contributed by atoms with E-state index in [2.05, 4.69) is 24.1 Å². The summed E-state index contributed by atoms with van der Waals surface area (Å²) in [5.74, 6) is 0.674. The summed E-state index contributed by atoms with van der Waals surface area (Å²) in [4.78, 5) is 9.10. The highest BCUT2D eigenvalue weighted by atomic mass is 32.1. The SMILES string of the molecule is CCN(CC)CCc1nc2c(s1)CCCC2CNC1CC1. The molecule has 1 fully saturated rings. The Kier molecular flexibility index (Phi) is 5.30. The van der Waals surface area contributed by atoms with Crippen LogP contribution in [0.25, 0.3) is 0 Å². The summed E-state index contributed by atoms with van der Waals surface area (Å²) in [5, 5.41) is 5.07. The molecule has 3 rings (SSSR count). The van der Waals surface area contributed by atoms with Gasteiger partial charge in [-0.15, -0.1) is 11.3 Å². The molecule has 0 radical (unpaired) electrons. The van der Waals surface area contributed by atoms with E-state index in [4.69, 9.17) is 4.98 Å². The molecule has 3 nitrogen and oxygen atoms in total. The summed E-state index contributed by atoms with van der Waals surface area (Å²) in [6, 6.07) is 0.816. The zero-order valence-electron chi connectivity index (χ0n) is 13.5. The zero-order chi connectivity index (χ0) is 14.7. The van der Waals surface area contributed by atoms with Gasteiger partial charge in [0.2, 0.25) is 0 Å². The molecule has 2 aliphatic rings. The number of nitrogens with one attached hydrogen (secondary N) is 1. The van der Waals surface area contributed by atoms with Gasteiger partial charge in [-0.1, -0.05) is 13.8 Å². The Hall–Kier alpha value is -0.450. The van der Waals surface area contributed by atoms with E-state index in [0.717, 1.165) is 38.6 Å². The molecule has 2 aliphatic carbocycles. The van der Waals surface area contributed by atoms with Crippen molar-refractivity contribution in [3.05, 3.63) is 15.6 Å². The lowest BCUT2D eigenvalue weighted by Crippen LogP contribution is -2.26. The van der Waals surface area contributed by atoms with Crippen LogP contribution in [0.15, 0.2) is 0 Å². The van der Waals surface area contributed by atoms with E-state index in [-0.39, 0.29) is 0 Å². The molecule has 0 bridgehead atoms. The smallest absolute Gasteiger partial charge is 0.0944 e. The summed E-state index contributed by atoms with van der Waals surface area (Å²) in [6.07, 6.45) is 7.82. The molecule has 0 aromatic carbocycles. The van der Waals surface area contributed by atoms with Gasteiger partial charge < -0.3 is 10.2 Å². The van der Waals surface area contributed by atoms with Crippen molar-refractivity contribution in [1.29, 1.82) is 0 Å². The summed E-state index contributed by atoms with van der Waals surface area (Å²) >= 11 is 1.99. The van der Waals surface area contributed by atoms with Gasteiger partial charge in [0.15, 0.2) is 0 Å². The van der Waals surface area contributed by atoms with Crippen LogP contribution in [0.3, 0.4) is 0 Å². The molecule has 0 saturated heterocycles. The molecular formula is C17H29N3S. The van der Waals surface area contributed by atoms with Crippen LogP contribution in [0.4, 0.5) is 0 Å². The number of aryl methyl sites for hydroxylation is 1. The van der Waals surface area contributed by atoms with Crippen molar-refractivity contribution in [3.63, 3.8) is 0 Å². The van der Waals surface area contributed by atoms with Gasteiger partial charge in [0.05, 0.1) is 10.7 Å². The van der Waals surface area contributed by atoms with E-state index in [1.54, 1.807) is 4.88 Å². The number of aromatic nitrogens is 1. The molecule has 0 amide bonds. The fourth-order valence-corrected chi connectivity index (χ4v) is 4.44. The highest BCUT2D eigenvalue weighted by Crippen LogP contribution is 2.35. The van der Waals surface area contributed by atoms with Crippen molar-refractivity contribution in [3.8, 4) is 0 Å². The zero-order valence-corrected chi connectivity index (χ0v) is 14.3. The first-order chi connectivity index (χ1) is 10.3. The number of rotatable bonds is 8. The third-order valence-corrected chi connectivity index (χ3v) is 6.07. The maximum absolute atomic E-state index is 5.02. The summed E-state index contributed by atoms with van der Waals surface area (Å²) < 4.78 is 0. The maximum atomic E-state index is 5.02. The molecule has 0 spiro atoms. The first kappa shape index (κ1) is 15.4. The predicted molar refractivity (Wildman–Crippen MR) is 90.3 cm³/mol. The van der Waals surface area contributed by atoms with Crippen LogP contribution in [0.5, 0.6) is 0 Å². The highest BCUT2D eigenvalue weighted by molar-refractivity contribution is 7.11. The lowest BCUT2D eigenvalue weighted by molar-refractivity contribution is 0.307. The van der Waals surface area contributed by atoms with Crippen LogP contribution < -0.4 is 5.32 Å². The van der Waals surface area contributed by atoms with Crippen LogP contribution in [0.1, 0.15) is 61.0 Å². The van der Waals surface area contributed by atoms with Gasteiger partial charge in [0, 0.05) is 36.3 Å². The number of thiazole rings is 1. The van der Waals surface area contributed by atoms with Gasteiger partial charge in [-0.3, -0.25) is 0 Å². The van der Waals surface area contributed by atoms with E-state index in [0.29, 0.717) is 5.92 Å². The Bertz CT molecular complexity index is 449. The van der Waals surface area contributed by atoms with E-state index >= 15 is 0 Å². The Morgan fingerprint density at radius 3 is 2.76 bits per heavy atom. The molecule has 1 N–H and O–H groups in total. The van der Waals surface area contributed by atoms with Gasteiger partial charge in [-0.05, 0) is 45.2 Å². The molecule has 1 unspecified atom stereocenters. The maximum Gasteiger partial charge on any atom is 0.0944 e. The van der Waals surface area contributed by atoms with Gasteiger partial charge in [-0.2, -0.15) is 0 Å². The van der Waals surface area contributed by atoms with Gasteiger partial charge >= 0.3 is 0 Å². The van der Waals surface area contributed by atoms with Crippen LogP contribution in [0, 0.1) is 0 Å². The largest absolute Gasteiger partial charge is 0.313 e. The number of hydrogen-bond donors (Lipinski definition) is 1. The monoisotopic (exact) mass is 307 g/mol. The average molecular weight is 308 g/mol. The molecule has 1 heterocycles. The van der Waals surface area contributed by atoms with Crippen molar-refractivity contribution < 1.29 is 0 Å².